The molecule has 0 radical (unpaired) electrons. The summed E-state index contributed by atoms with van der Waals surface area (Å²) in [4.78, 5) is 72.5. The number of amides is 4. The maximum atomic E-state index is 13.3. The number of thiophene rings is 1. The fourth-order valence-electron chi connectivity index (χ4n) is 5.52. The number of nitrogens with two attached hydrogens (primary N) is 1. The van der Waals surface area contributed by atoms with E-state index in [1.165, 1.54) is 0 Å². The molecule has 1 aliphatic rings. The normalized spacial score (nSPS) is 18.1. The van der Waals surface area contributed by atoms with E-state index in [2.05, 4.69) is 21.3 Å². The fraction of sp³-hybridized carbons (Fsp3) is 0.548. The molecule has 1 aromatic heterocycles. The standard InChI is InChI=1S/C31H43N5O9S/c32-16-18-8-10-19(11-9-18)27(39)34-24(15-20-17-46-25-7-2-1-5-21(20)25)28(40)33-14-4-3-6-22(29(41)42)35-31(45)36-23(30(43)44)12-13-26(37)38/h1-2,5,7,17-19,22-24H,3-4,6,8-16,32H2,(H,33,40)(H,34,39)(H,37,38)(H,41,42)(H,43,44)(H2,35,36,45)/t18?,19?,22-,23-,24-/m0/s1. The third-order valence-electron chi connectivity index (χ3n) is 8.24. The number of carbonyl (C=O) groups is 6. The summed E-state index contributed by atoms with van der Waals surface area (Å²) in [5.41, 5.74) is 6.75. The molecule has 2 aromatic rings. The highest BCUT2D eigenvalue weighted by Gasteiger charge is 2.30. The molecule has 3 atom stereocenters. The van der Waals surface area contributed by atoms with Crippen LogP contribution in [0.2, 0.25) is 0 Å². The molecule has 1 saturated carbocycles. The van der Waals surface area contributed by atoms with Crippen molar-refractivity contribution < 1.29 is 44.1 Å². The molecule has 4 amide bonds. The molecule has 1 aromatic carbocycles. The molecule has 15 heteroatoms. The van der Waals surface area contributed by atoms with E-state index in [1.807, 2.05) is 29.6 Å². The summed E-state index contributed by atoms with van der Waals surface area (Å²) in [5.74, 6) is -4.29. The number of nitrogens with one attached hydrogen (secondary N) is 4. The van der Waals surface area contributed by atoms with E-state index in [0.29, 0.717) is 31.7 Å². The van der Waals surface area contributed by atoms with Crippen LogP contribution in [0.1, 0.15) is 63.4 Å². The molecular formula is C31H43N5O9S. The predicted molar refractivity (Wildman–Crippen MR) is 170 cm³/mol. The topological polar surface area (TPSA) is 237 Å². The molecule has 14 nitrogen and oxygen atoms in total. The minimum atomic E-state index is -1.50. The lowest BCUT2D eigenvalue weighted by atomic mass is 9.81. The largest absolute Gasteiger partial charge is 0.481 e. The number of rotatable bonds is 18. The lowest BCUT2D eigenvalue weighted by Crippen LogP contribution is -2.51. The Hall–Kier alpha value is -4.24. The Balaban J connectivity index is 1.53. The van der Waals surface area contributed by atoms with Crippen LogP contribution in [0.25, 0.3) is 10.1 Å². The highest BCUT2D eigenvalue weighted by molar-refractivity contribution is 7.17. The molecular weight excluding hydrogens is 618 g/mol. The van der Waals surface area contributed by atoms with Crippen LogP contribution in [-0.2, 0) is 30.4 Å². The van der Waals surface area contributed by atoms with E-state index >= 15 is 0 Å². The van der Waals surface area contributed by atoms with Gasteiger partial charge in [-0.15, -0.1) is 11.3 Å². The van der Waals surface area contributed by atoms with Gasteiger partial charge in [0.1, 0.15) is 18.1 Å². The average Bonchev–Trinajstić information content (AvgIpc) is 3.44. The second-order valence-electron chi connectivity index (χ2n) is 11.6. The van der Waals surface area contributed by atoms with E-state index in [-0.39, 0.29) is 37.1 Å². The Morgan fingerprint density at radius 3 is 2.13 bits per heavy atom. The van der Waals surface area contributed by atoms with Crippen LogP contribution in [0.5, 0.6) is 0 Å². The van der Waals surface area contributed by atoms with Crippen molar-refractivity contribution in [1.82, 2.24) is 21.3 Å². The summed E-state index contributed by atoms with van der Waals surface area (Å²) in [6, 6.07) is 3.16. The number of hydrogen-bond donors (Lipinski definition) is 8. The monoisotopic (exact) mass is 661 g/mol. The van der Waals surface area contributed by atoms with Crippen molar-refractivity contribution in [1.29, 1.82) is 0 Å². The van der Waals surface area contributed by atoms with Gasteiger partial charge in [0.15, 0.2) is 0 Å². The van der Waals surface area contributed by atoms with Crippen LogP contribution in [0, 0.1) is 11.8 Å². The van der Waals surface area contributed by atoms with Crippen LogP contribution in [0.4, 0.5) is 4.79 Å². The number of benzene rings is 1. The zero-order valence-corrected chi connectivity index (χ0v) is 26.4. The predicted octanol–water partition coefficient (Wildman–Crippen LogP) is 2.05. The van der Waals surface area contributed by atoms with Crippen molar-refractivity contribution in [2.75, 3.05) is 13.1 Å². The number of fused-ring (bicyclic) bond motifs is 1. The van der Waals surface area contributed by atoms with Crippen molar-refractivity contribution in [3.63, 3.8) is 0 Å². The number of unbranched alkanes of at least 4 members (excludes halogenated alkanes) is 1. The Morgan fingerprint density at radius 2 is 1.50 bits per heavy atom. The number of carboxylic acid groups (broad SMARTS) is 3. The van der Waals surface area contributed by atoms with Crippen LogP contribution in [0.15, 0.2) is 29.6 Å². The zero-order chi connectivity index (χ0) is 33.6. The molecule has 0 saturated heterocycles. The SMILES string of the molecule is NCC1CCC(C(=O)N[C@@H](Cc2csc3ccccc23)C(=O)NCCCC[C@H](NC(=O)N[C@@H](CCC(=O)O)C(=O)O)C(=O)O)CC1. The van der Waals surface area contributed by atoms with Crippen molar-refractivity contribution in [2.24, 2.45) is 17.6 Å². The lowest BCUT2D eigenvalue weighted by molar-refractivity contribution is -0.141. The second kappa shape index (κ2) is 18.0. The summed E-state index contributed by atoms with van der Waals surface area (Å²) in [7, 11) is 0. The summed E-state index contributed by atoms with van der Waals surface area (Å²) < 4.78 is 1.08. The van der Waals surface area contributed by atoms with E-state index in [9.17, 15) is 39.0 Å². The molecule has 3 rings (SSSR count). The first-order valence-electron chi connectivity index (χ1n) is 15.5. The quantitative estimate of drug-likeness (QED) is 0.108. The highest BCUT2D eigenvalue weighted by Crippen LogP contribution is 2.29. The van der Waals surface area contributed by atoms with Gasteiger partial charge in [-0.1, -0.05) is 18.2 Å². The maximum absolute atomic E-state index is 13.3. The van der Waals surface area contributed by atoms with Gasteiger partial charge in [-0.2, -0.15) is 0 Å². The summed E-state index contributed by atoms with van der Waals surface area (Å²) >= 11 is 1.57. The number of carbonyl (C=O) groups excluding carboxylic acids is 3. The van der Waals surface area contributed by atoms with Crippen molar-refractivity contribution in [3.8, 4) is 0 Å². The zero-order valence-electron chi connectivity index (χ0n) is 25.5. The van der Waals surface area contributed by atoms with Crippen molar-refractivity contribution in [3.05, 3.63) is 35.2 Å². The summed E-state index contributed by atoms with van der Waals surface area (Å²) in [6.07, 6.45) is 3.32. The first-order valence-corrected chi connectivity index (χ1v) is 16.3. The van der Waals surface area contributed by atoms with Gasteiger partial charge in [-0.05, 0) is 86.2 Å². The second-order valence-corrected chi connectivity index (χ2v) is 12.5. The molecule has 1 aliphatic carbocycles. The minimum absolute atomic E-state index is 0.00196. The molecule has 1 heterocycles. The number of carboxylic acids is 3. The van der Waals surface area contributed by atoms with Gasteiger partial charge in [0.25, 0.3) is 0 Å². The highest BCUT2D eigenvalue weighted by atomic mass is 32.1. The Morgan fingerprint density at radius 1 is 0.848 bits per heavy atom. The molecule has 1 fully saturated rings. The molecule has 9 N–H and O–H groups in total. The Labute approximate surface area is 270 Å². The molecule has 252 valence electrons. The van der Waals surface area contributed by atoms with Crippen LogP contribution >= 0.6 is 11.3 Å². The number of urea groups is 1. The van der Waals surface area contributed by atoms with Crippen molar-refractivity contribution >= 4 is 57.2 Å². The third kappa shape index (κ3) is 11.3. The average molecular weight is 662 g/mol. The van der Waals surface area contributed by atoms with E-state index < -0.39 is 48.5 Å². The maximum Gasteiger partial charge on any atom is 0.326 e. The molecule has 0 spiro atoms. The first kappa shape index (κ1) is 36.2. The number of aliphatic carboxylic acids is 3. The van der Waals surface area contributed by atoms with E-state index in [4.69, 9.17) is 10.8 Å². The van der Waals surface area contributed by atoms with Crippen LogP contribution < -0.4 is 27.0 Å². The van der Waals surface area contributed by atoms with Gasteiger partial charge in [0.05, 0.1) is 0 Å². The van der Waals surface area contributed by atoms with Gasteiger partial charge < -0.3 is 42.3 Å². The molecule has 46 heavy (non-hydrogen) atoms. The summed E-state index contributed by atoms with van der Waals surface area (Å²) in [6.45, 7) is 0.798. The minimum Gasteiger partial charge on any atom is -0.481 e. The Bertz CT molecular complexity index is 1380. The molecule has 0 bridgehead atoms. The van der Waals surface area contributed by atoms with Crippen molar-refractivity contribution in [2.45, 2.75) is 82.3 Å². The summed E-state index contributed by atoms with van der Waals surface area (Å²) in [5, 5.41) is 40.6. The smallest absolute Gasteiger partial charge is 0.326 e. The van der Waals surface area contributed by atoms with Gasteiger partial charge in [-0.3, -0.25) is 14.4 Å². The van der Waals surface area contributed by atoms with Crippen LogP contribution in [0.3, 0.4) is 0 Å². The van der Waals surface area contributed by atoms with E-state index in [0.717, 1.165) is 41.3 Å². The van der Waals surface area contributed by atoms with Gasteiger partial charge in [0.2, 0.25) is 11.8 Å². The third-order valence-corrected chi connectivity index (χ3v) is 9.25. The van der Waals surface area contributed by atoms with Crippen LogP contribution in [-0.4, -0.2) is 82.3 Å². The number of hydrogen-bond acceptors (Lipinski definition) is 8. The van der Waals surface area contributed by atoms with E-state index in [1.54, 1.807) is 11.3 Å². The van der Waals surface area contributed by atoms with Gasteiger partial charge in [-0.25, -0.2) is 14.4 Å². The first-order chi connectivity index (χ1) is 22.0. The lowest BCUT2D eigenvalue weighted by Gasteiger charge is -2.28. The molecule has 0 aliphatic heterocycles. The molecule has 0 unspecified atom stereocenters. The van der Waals surface area contributed by atoms with Gasteiger partial charge in [0, 0.05) is 30.0 Å². The fourth-order valence-corrected chi connectivity index (χ4v) is 6.49. The Kier molecular flexibility index (Phi) is 14.2. The van der Waals surface area contributed by atoms with Gasteiger partial charge >= 0.3 is 23.9 Å².